The van der Waals surface area contributed by atoms with Crippen molar-refractivity contribution in [3.8, 4) is 5.69 Å². The van der Waals surface area contributed by atoms with Gasteiger partial charge in [0, 0.05) is 13.1 Å². The molecule has 1 aliphatic heterocycles. The van der Waals surface area contributed by atoms with Gasteiger partial charge in [-0.3, -0.25) is 0 Å². The van der Waals surface area contributed by atoms with E-state index in [9.17, 15) is 8.42 Å². The quantitative estimate of drug-likeness (QED) is 0.895. The van der Waals surface area contributed by atoms with Crippen LogP contribution < -0.4 is 5.32 Å². The second kappa shape index (κ2) is 7.04. The summed E-state index contributed by atoms with van der Waals surface area (Å²) in [5, 5.41) is 7.37. The number of rotatable bonds is 5. The first-order chi connectivity index (χ1) is 11.5. The number of nitrogens with one attached hydrogen (secondary N) is 1. The van der Waals surface area contributed by atoms with Crippen LogP contribution in [0.2, 0.25) is 0 Å². The standard InChI is InChI=1S/C17H24N4O2S/c1-14-5-7-16(8-6-14)21-13-17(11-19-21)24(22,23)20-9-3-4-15(12-20)10-18-2/h5-8,11,13,15,18H,3-4,9-10,12H2,1-2H3/t15-/m0/s1. The Morgan fingerprint density at radius 3 is 2.75 bits per heavy atom. The van der Waals surface area contributed by atoms with Gasteiger partial charge in [-0.2, -0.15) is 9.40 Å². The molecule has 1 fully saturated rings. The number of sulfonamides is 1. The van der Waals surface area contributed by atoms with Gasteiger partial charge in [-0.15, -0.1) is 0 Å². The van der Waals surface area contributed by atoms with E-state index in [1.807, 2.05) is 38.2 Å². The average Bonchev–Trinajstić information content (AvgIpc) is 3.07. The van der Waals surface area contributed by atoms with E-state index in [1.54, 1.807) is 15.2 Å². The van der Waals surface area contributed by atoms with E-state index < -0.39 is 10.0 Å². The van der Waals surface area contributed by atoms with Crippen LogP contribution in [0.15, 0.2) is 41.6 Å². The minimum Gasteiger partial charge on any atom is -0.319 e. The Bertz CT molecular complexity index is 781. The Morgan fingerprint density at radius 1 is 1.29 bits per heavy atom. The van der Waals surface area contributed by atoms with Crippen molar-refractivity contribution < 1.29 is 8.42 Å². The molecule has 130 valence electrons. The molecule has 1 aromatic heterocycles. The first-order valence-electron chi connectivity index (χ1n) is 8.27. The van der Waals surface area contributed by atoms with E-state index in [0.717, 1.165) is 30.6 Å². The minimum atomic E-state index is -3.49. The van der Waals surface area contributed by atoms with Gasteiger partial charge in [0.05, 0.1) is 18.1 Å². The number of aromatic nitrogens is 2. The van der Waals surface area contributed by atoms with Gasteiger partial charge in [0.15, 0.2) is 0 Å². The Kier molecular flexibility index (Phi) is 5.03. The lowest BCUT2D eigenvalue weighted by molar-refractivity contribution is 0.263. The van der Waals surface area contributed by atoms with E-state index in [4.69, 9.17) is 0 Å². The summed E-state index contributed by atoms with van der Waals surface area (Å²) in [4.78, 5) is 0.258. The van der Waals surface area contributed by atoms with E-state index in [2.05, 4.69) is 10.4 Å². The van der Waals surface area contributed by atoms with Crippen molar-refractivity contribution in [3.63, 3.8) is 0 Å². The van der Waals surface area contributed by atoms with Crippen LogP contribution in [0.1, 0.15) is 18.4 Å². The van der Waals surface area contributed by atoms with Crippen molar-refractivity contribution in [2.45, 2.75) is 24.7 Å². The highest BCUT2D eigenvalue weighted by Gasteiger charge is 2.31. The molecule has 0 saturated carbocycles. The Balaban J connectivity index is 1.81. The van der Waals surface area contributed by atoms with Crippen molar-refractivity contribution in [2.24, 2.45) is 5.92 Å². The van der Waals surface area contributed by atoms with Gasteiger partial charge in [0.25, 0.3) is 0 Å². The number of hydrogen-bond donors (Lipinski definition) is 1. The summed E-state index contributed by atoms with van der Waals surface area (Å²) in [5.74, 6) is 0.366. The minimum absolute atomic E-state index is 0.258. The lowest BCUT2D eigenvalue weighted by Gasteiger charge is -2.31. The molecule has 3 rings (SSSR count). The van der Waals surface area contributed by atoms with Gasteiger partial charge < -0.3 is 5.32 Å². The molecule has 1 aliphatic rings. The smallest absolute Gasteiger partial charge is 0.246 e. The molecule has 0 spiro atoms. The Labute approximate surface area is 143 Å². The molecule has 2 aromatic rings. The predicted molar refractivity (Wildman–Crippen MR) is 93.7 cm³/mol. The molecule has 7 heteroatoms. The van der Waals surface area contributed by atoms with E-state index >= 15 is 0 Å². The van der Waals surface area contributed by atoms with Crippen LogP contribution in [0.3, 0.4) is 0 Å². The van der Waals surface area contributed by atoms with Crippen molar-refractivity contribution in [3.05, 3.63) is 42.2 Å². The number of nitrogens with zero attached hydrogens (tertiary/aromatic N) is 3. The predicted octanol–water partition coefficient (Wildman–Crippen LogP) is 1.80. The summed E-state index contributed by atoms with van der Waals surface area (Å²) >= 11 is 0. The van der Waals surface area contributed by atoms with E-state index in [-0.39, 0.29) is 4.90 Å². The van der Waals surface area contributed by atoms with E-state index in [0.29, 0.717) is 19.0 Å². The fourth-order valence-electron chi connectivity index (χ4n) is 3.13. The highest BCUT2D eigenvalue weighted by atomic mass is 32.2. The van der Waals surface area contributed by atoms with Crippen LogP contribution in [-0.4, -0.2) is 49.2 Å². The van der Waals surface area contributed by atoms with Crippen molar-refractivity contribution in [1.82, 2.24) is 19.4 Å². The maximum Gasteiger partial charge on any atom is 0.246 e. The number of hydrogen-bond acceptors (Lipinski definition) is 4. The lowest BCUT2D eigenvalue weighted by atomic mass is 10.00. The molecular weight excluding hydrogens is 324 g/mol. The highest BCUT2D eigenvalue weighted by molar-refractivity contribution is 7.89. The average molecular weight is 348 g/mol. The Hall–Kier alpha value is -1.70. The maximum atomic E-state index is 12.9. The number of piperidine rings is 1. The molecular formula is C17H24N4O2S. The third-order valence-electron chi connectivity index (χ3n) is 4.47. The van der Waals surface area contributed by atoms with Crippen molar-refractivity contribution >= 4 is 10.0 Å². The van der Waals surface area contributed by atoms with Gasteiger partial charge in [-0.1, -0.05) is 17.7 Å². The van der Waals surface area contributed by atoms with Crippen molar-refractivity contribution in [1.29, 1.82) is 0 Å². The SMILES string of the molecule is CNC[C@@H]1CCCN(S(=O)(=O)c2cnn(-c3ccc(C)cc3)c2)C1. The largest absolute Gasteiger partial charge is 0.319 e. The summed E-state index contributed by atoms with van der Waals surface area (Å²) in [7, 11) is -1.58. The van der Waals surface area contributed by atoms with Crippen LogP contribution in [0.5, 0.6) is 0 Å². The number of aryl methyl sites for hydroxylation is 1. The first kappa shape index (κ1) is 17.1. The summed E-state index contributed by atoms with van der Waals surface area (Å²) in [5.41, 5.74) is 2.01. The maximum absolute atomic E-state index is 12.9. The summed E-state index contributed by atoms with van der Waals surface area (Å²) in [6.07, 6.45) is 5.01. The normalized spacial score (nSPS) is 19.5. The van der Waals surface area contributed by atoms with Gasteiger partial charge in [0.2, 0.25) is 10.0 Å². The summed E-state index contributed by atoms with van der Waals surface area (Å²) in [6, 6.07) is 7.83. The van der Waals surface area contributed by atoms with Crippen LogP contribution in [-0.2, 0) is 10.0 Å². The van der Waals surface area contributed by atoms with Gasteiger partial charge in [0.1, 0.15) is 4.90 Å². The second-order valence-corrected chi connectivity index (χ2v) is 8.32. The van der Waals surface area contributed by atoms with Crippen LogP contribution >= 0.6 is 0 Å². The molecule has 0 amide bonds. The summed E-state index contributed by atoms with van der Waals surface area (Å²) < 4.78 is 29.0. The van der Waals surface area contributed by atoms with Crippen LogP contribution in [0.4, 0.5) is 0 Å². The molecule has 0 bridgehead atoms. The molecule has 2 heterocycles. The van der Waals surface area contributed by atoms with Gasteiger partial charge in [-0.05, 0) is 51.4 Å². The zero-order valence-electron chi connectivity index (χ0n) is 14.1. The molecule has 24 heavy (non-hydrogen) atoms. The second-order valence-electron chi connectivity index (χ2n) is 6.39. The molecule has 6 nitrogen and oxygen atoms in total. The zero-order valence-corrected chi connectivity index (χ0v) is 15.0. The fraction of sp³-hybridized carbons (Fsp3) is 0.471. The lowest BCUT2D eigenvalue weighted by Crippen LogP contribution is -2.42. The molecule has 1 saturated heterocycles. The molecule has 0 unspecified atom stereocenters. The van der Waals surface area contributed by atoms with Gasteiger partial charge >= 0.3 is 0 Å². The fourth-order valence-corrected chi connectivity index (χ4v) is 4.62. The van der Waals surface area contributed by atoms with Crippen LogP contribution in [0.25, 0.3) is 5.69 Å². The number of benzene rings is 1. The molecule has 1 aromatic carbocycles. The first-order valence-corrected chi connectivity index (χ1v) is 9.71. The van der Waals surface area contributed by atoms with Crippen molar-refractivity contribution in [2.75, 3.05) is 26.7 Å². The third-order valence-corrected chi connectivity index (χ3v) is 6.29. The Morgan fingerprint density at radius 2 is 2.04 bits per heavy atom. The summed E-state index contributed by atoms with van der Waals surface area (Å²) in [6.45, 7) is 4.01. The molecule has 0 radical (unpaired) electrons. The zero-order chi connectivity index (χ0) is 17.2. The van der Waals surface area contributed by atoms with E-state index in [1.165, 1.54) is 6.20 Å². The third kappa shape index (κ3) is 3.53. The molecule has 1 atom stereocenters. The van der Waals surface area contributed by atoms with Crippen LogP contribution in [0, 0.1) is 12.8 Å². The topological polar surface area (TPSA) is 67.2 Å². The molecule has 0 aliphatic carbocycles. The monoisotopic (exact) mass is 348 g/mol. The molecule has 1 N–H and O–H groups in total. The van der Waals surface area contributed by atoms with Gasteiger partial charge in [-0.25, -0.2) is 13.1 Å². The highest BCUT2D eigenvalue weighted by Crippen LogP contribution is 2.23.